The van der Waals surface area contributed by atoms with E-state index in [2.05, 4.69) is 59.8 Å². The fourth-order valence-corrected chi connectivity index (χ4v) is 5.74. The number of hydrogen-bond donors (Lipinski definition) is 0. The number of aromatic nitrogens is 1. The van der Waals surface area contributed by atoms with Crippen LogP contribution in [-0.4, -0.2) is 41.1 Å². The lowest BCUT2D eigenvalue weighted by Crippen LogP contribution is -2.23. The molecule has 1 aromatic heterocycles. The Kier molecular flexibility index (Phi) is 8.37. The zero-order chi connectivity index (χ0) is 18.1. The van der Waals surface area contributed by atoms with Gasteiger partial charge in [0.25, 0.3) is 0 Å². The molecule has 2 rings (SSSR count). The van der Waals surface area contributed by atoms with Gasteiger partial charge in [-0.1, -0.05) is 38.8 Å². The van der Waals surface area contributed by atoms with Gasteiger partial charge in [0.05, 0.1) is 29.7 Å². The minimum Gasteiger partial charge on any atom is -0.341 e. The van der Waals surface area contributed by atoms with Crippen LogP contribution in [0.15, 0.2) is 35.4 Å². The third kappa shape index (κ3) is 5.52. The van der Waals surface area contributed by atoms with Crippen LogP contribution in [0.25, 0.3) is 10.9 Å². The molecule has 0 spiro atoms. The van der Waals surface area contributed by atoms with Crippen LogP contribution in [0.2, 0.25) is 0 Å². The summed E-state index contributed by atoms with van der Waals surface area (Å²) in [6.07, 6.45) is 7.58. The summed E-state index contributed by atoms with van der Waals surface area (Å²) in [5, 5.41) is 10.3. The Morgan fingerprint density at radius 1 is 1.12 bits per heavy atom. The number of unbranched alkanes of at least 4 members (excludes halogenated alkanes) is 2. The Balaban J connectivity index is 2.27. The van der Waals surface area contributed by atoms with E-state index in [1.165, 1.54) is 48.1 Å². The van der Waals surface area contributed by atoms with Gasteiger partial charge < -0.3 is 4.57 Å². The van der Waals surface area contributed by atoms with E-state index >= 15 is 0 Å². The van der Waals surface area contributed by atoms with Crippen LogP contribution in [0.3, 0.4) is 0 Å². The highest BCUT2D eigenvalue weighted by Gasteiger charge is 2.25. The van der Waals surface area contributed by atoms with E-state index in [9.17, 15) is 0 Å². The van der Waals surface area contributed by atoms with Crippen molar-refractivity contribution in [2.75, 3.05) is 31.6 Å². The molecule has 0 bridgehead atoms. The standard InChI is InChI=1S/C21H32N3S/c1-4-6-16-25(17-7-5-2)21-18-24(15-14-23(3)13-12-22)20-11-9-8-10-19(20)21/h8-11,18H,4-7,13-17H2,1-3H3/q+1. The highest BCUT2D eigenvalue weighted by Crippen LogP contribution is 2.29. The Labute approximate surface area is 156 Å². The van der Waals surface area contributed by atoms with E-state index in [0.29, 0.717) is 17.4 Å². The van der Waals surface area contributed by atoms with Gasteiger partial charge in [0.1, 0.15) is 11.5 Å². The Bertz CT molecular complexity index is 678. The molecule has 0 fully saturated rings. The third-order valence-electron chi connectivity index (χ3n) is 4.61. The average molecular weight is 359 g/mol. The Hall–Kier alpha value is -1.44. The van der Waals surface area contributed by atoms with Crippen molar-refractivity contribution in [2.45, 2.75) is 51.0 Å². The minimum atomic E-state index is 0.354. The first kappa shape index (κ1) is 19.9. The molecular weight excluding hydrogens is 326 g/mol. The SMILES string of the molecule is CCCC[S+](CCCC)c1cn(CCN(C)CC#N)c2ccccc12. The lowest BCUT2D eigenvalue weighted by Gasteiger charge is -2.13. The number of para-hydroxylation sites is 1. The van der Waals surface area contributed by atoms with Crippen molar-refractivity contribution in [1.29, 1.82) is 5.26 Å². The first-order valence-corrected chi connectivity index (χ1v) is 11.1. The third-order valence-corrected chi connectivity index (χ3v) is 7.13. The van der Waals surface area contributed by atoms with Crippen molar-refractivity contribution in [2.24, 2.45) is 0 Å². The van der Waals surface area contributed by atoms with Crippen LogP contribution in [-0.2, 0) is 17.4 Å². The molecule has 4 heteroatoms. The summed E-state index contributed by atoms with van der Waals surface area (Å²) in [6, 6.07) is 11.1. The summed E-state index contributed by atoms with van der Waals surface area (Å²) in [6.45, 7) is 6.91. The predicted octanol–water partition coefficient (Wildman–Crippen LogP) is 4.67. The molecule has 0 aliphatic carbocycles. The summed E-state index contributed by atoms with van der Waals surface area (Å²) >= 11 is 0. The van der Waals surface area contributed by atoms with Gasteiger partial charge in [0.15, 0.2) is 4.90 Å². The van der Waals surface area contributed by atoms with E-state index in [1.807, 2.05) is 7.05 Å². The van der Waals surface area contributed by atoms with E-state index in [0.717, 1.165) is 13.1 Å². The molecule has 0 N–H and O–H groups in total. The number of nitrogens with zero attached hydrogens (tertiary/aromatic N) is 3. The van der Waals surface area contributed by atoms with Gasteiger partial charge >= 0.3 is 0 Å². The summed E-state index contributed by atoms with van der Waals surface area (Å²) in [5.74, 6) is 2.64. The van der Waals surface area contributed by atoms with Gasteiger partial charge in [0, 0.05) is 24.0 Å². The molecule has 0 aliphatic heterocycles. The van der Waals surface area contributed by atoms with E-state index in [-0.39, 0.29) is 0 Å². The maximum atomic E-state index is 8.85. The molecule has 2 aromatic rings. The van der Waals surface area contributed by atoms with E-state index < -0.39 is 0 Å². The van der Waals surface area contributed by atoms with Crippen molar-refractivity contribution < 1.29 is 0 Å². The largest absolute Gasteiger partial charge is 0.341 e. The number of benzene rings is 1. The normalized spacial score (nSPS) is 11.5. The van der Waals surface area contributed by atoms with Crippen LogP contribution >= 0.6 is 0 Å². The zero-order valence-corrected chi connectivity index (χ0v) is 16.8. The topological polar surface area (TPSA) is 32.0 Å². The van der Waals surface area contributed by atoms with Crippen LogP contribution in [0.5, 0.6) is 0 Å². The molecule has 0 amide bonds. The second-order valence-corrected chi connectivity index (χ2v) is 8.95. The summed E-state index contributed by atoms with van der Waals surface area (Å²) in [4.78, 5) is 3.64. The monoisotopic (exact) mass is 358 g/mol. The molecule has 0 saturated carbocycles. The van der Waals surface area contributed by atoms with Crippen molar-refractivity contribution >= 4 is 21.8 Å². The van der Waals surface area contributed by atoms with Crippen LogP contribution < -0.4 is 0 Å². The molecule has 0 aliphatic rings. The lowest BCUT2D eigenvalue weighted by atomic mass is 10.2. The number of fused-ring (bicyclic) bond motifs is 1. The summed E-state index contributed by atoms with van der Waals surface area (Å²) < 4.78 is 2.40. The molecule has 136 valence electrons. The molecule has 25 heavy (non-hydrogen) atoms. The molecule has 1 heterocycles. The zero-order valence-electron chi connectivity index (χ0n) is 16.0. The highest BCUT2D eigenvalue weighted by atomic mass is 32.2. The van der Waals surface area contributed by atoms with Gasteiger partial charge in [-0.3, -0.25) is 4.90 Å². The first-order valence-electron chi connectivity index (χ1n) is 9.52. The molecule has 0 saturated heterocycles. The van der Waals surface area contributed by atoms with Crippen LogP contribution in [0.4, 0.5) is 0 Å². The maximum Gasteiger partial charge on any atom is 0.180 e. The molecular formula is C21H32N3S+. The van der Waals surface area contributed by atoms with Crippen molar-refractivity contribution in [3.63, 3.8) is 0 Å². The van der Waals surface area contributed by atoms with Gasteiger partial charge in [-0.15, -0.1) is 0 Å². The minimum absolute atomic E-state index is 0.354. The van der Waals surface area contributed by atoms with Crippen molar-refractivity contribution in [3.8, 4) is 6.07 Å². The number of likely N-dealkylation sites (N-methyl/N-ethyl adjacent to an activating group) is 1. The Morgan fingerprint density at radius 3 is 2.44 bits per heavy atom. The maximum absolute atomic E-state index is 8.85. The molecule has 0 atom stereocenters. The molecule has 0 radical (unpaired) electrons. The molecule has 0 unspecified atom stereocenters. The van der Waals surface area contributed by atoms with Gasteiger partial charge in [-0.05, 0) is 32.0 Å². The van der Waals surface area contributed by atoms with Crippen LogP contribution in [0, 0.1) is 11.3 Å². The smallest absolute Gasteiger partial charge is 0.180 e. The highest BCUT2D eigenvalue weighted by molar-refractivity contribution is 7.97. The molecule has 3 nitrogen and oxygen atoms in total. The average Bonchev–Trinajstić information content (AvgIpc) is 2.99. The Morgan fingerprint density at radius 2 is 1.80 bits per heavy atom. The second kappa shape index (κ2) is 10.5. The van der Waals surface area contributed by atoms with Gasteiger partial charge in [-0.25, -0.2) is 0 Å². The predicted molar refractivity (Wildman–Crippen MR) is 110 cm³/mol. The van der Waals surface area contributed by atoms with Crippen molar-refractivity contribution in [3.05, 3.63) is 30.5 Å². The summed E-state index contributed by atoms with van der Waals surface area (Å²) in [7, 11) is 2.37. The van der Waals surface area contributed by atoms with Gasteiger partial charge in [0.2, 0.25) is 0 Å². The summed E-state index contributed by atoms with van der Waals surface area (Å²) in [5.41, 5.74) is 1.34. The number of hydrogen-bond acceptors (Lipinski definition) is 2. The number of rotatable bonds is 11. The number of nitriles is 1. The van der Waals surface area contributed by atoms with Gasteiger partial charge in [-0.2, -0.15) is 5.26 Å². The van der Waals surface area contributed by atoms with E-state index in [1.54, 1.807) is 4.90 Å². The van der Waals surface area contributed by atoms with Crippen molar-refractivity contribution in [1.82, 2.24) is 9.47 Å². The quantitative estimate of drug-likeness (QED) is 0.432. The van der Waals surface area contributed by atoms with Crippen LogP contribution in [0.1, 0.15) is 39.5 Å². The van der Waals surface area contributed by atoms with E-state index in [4.69, 9.17) is 5.26 Å². The fraction of sp³-hybridized carbons (Fsp3) is 0.571. The lowest BCUT2D eigenvalue weighted by molar-refractivity contribution is 0.356. The second-order valence-electron chi connectivity index (χ2n) is 6.71. The molecule has 1 aromatic carbocycles. The first-order chi connectivity index (χ1) is 12.2. The fourth-order valence-electron chi connectivity index (χ4n) is 3.07.